The van der Waals surface area contributed by atoms with Gasteiger partial charge in [0.25, 0.3) is 0 Å². The molecule has 1 aliphatic heterocycles. The third-order valence-corrected chi connectivity index (χ3v) is 5.93. The standard InChI is InChI=1S/C21H19NO4S/c23-18(16-9-8-14-4-3-5-15(14)10-16)12-26-21(25)11-22-17-6-1-2-7-19(17)27-13-20(22)24/h1-2,6-10H,3-5,11-13H2. The van der Waals surface area contributed by atoms with Crippen molar-refractivity contribution in [1.82, 2.24) is 0 Å². The van der Waals surface area contributed by atoms with Crippen LogP contribution in [-0.2, 0) is 27.2 Å². The summed E-state index contributed by atoms with van der Waals surface area (Å²) in [4.78, 5) is 39.1. The lowest BCUT2D eigenvalue weighted by Crippen LogP contribution is -2.40. The quantitative estimate of drug-likeness (QED) is 0.588. The Hall–Kier alpha value is -2.60. The highest BCUT2D eigenvalue weighted by atomic mass is 32.2. The van der Waals surface area contributed by atoms with Gasteiger partial charge in [0, 0.05) is 10.5 Å². The third kappa shape index (κ3) is 3.76. The van der Waals surface area contributed by atoms with Gasteiger partial charge in [-0.1, -0.05) is 24.3 Å². The molecule has 0 atom stereocenters. The molecule has 1 aliphatic carbocycles. The number of hydrogen-bond donors (Lipinski definition) is 0. The van der Waals surface area contributed by atoms with Crippen LogP contribution in [0.5, 0.6) is 0 Å². The fourth-order valence-electron chi connectivity index (χ4n) is 3.48. The molecule has 0 fully saturated rings. The summed E-state index contributed by atoms with van der Waals surface area (Å²) in [6.45, 7) is -0.496. The monoisotopic (exact) mass is 381 g/mol. The molecule has 6 heteroatoms. The molecule has 0 unspecified atom stereocenters. The summed E-state index contributed by atoms with van der Waals surface area (Å²) in [6, 6.07) is 13.1. The van der Waals surface area contributed by atoms with Gasteiger partial charge >= 0.3 is 5.97 Å². The number of rotatable bonds is 5. The lowest BCUT2D eigenvalue weighted by atomic mass is 10.0. The number of amides is 1. The van der Waals surface area contributed by atoms with Crippen molar-refractivity contribution in [2.24, 2.45) is 0 Å². The highest BCUT2D eigenvalue weighted by molar-refractivity contribution is 8.00. The van der Waals surface area contributed by atoms with Gasteiger partial charge in [0.15, 0.2) is 12.4 Å². The van der Waals surface area contributed by atoms with Gasteiger partial charge in [0.05, 0.1) is 11.4 Å². The first-order valence-electron chi connectivity index (χ1n) is 8.94. The fraction of sp³-hybridized carbons (Fsp3) is 0.286. The first-order chi connectivity index (χ1) is 13.1. The molecule has 1 amide bonds. The molecule has 2 aliphatic rings. The maximum absolute atomic E-state index is 12.3. The summed E-state index contributed by atoms with van der Waals surface area (Å²) in [5.41, 5.74) is 3.78. The van der Waals surface area contributed by atoms with E-state index in [9.17, 15) is 14.4 Å². The number of carbonyl (C=O) groups is 3. The second kappa shape index (κ2) is 7.56. The second-order valence-corrected chi connectivity index (χ2v) is 7.67. The number of carbonyl (C=O) groups excluding carboxylic acids is 3. The Morgan fingerprint density at radius 1 is 1.07 bits per heavy atom. The van der Waals surface area contributed by atoms with Gasteiger partial charge < -0.3 is 4.74 Å². The van der Waals surface area contributed by atoms with E-state index < -0.39 is 5.97 Å². The minimum absolute atomic E-state index is 0.138. The number of ketones is 1. The summed E-state index contributed by atoms with van der Waals surface area (Å²) in [6.07, 6.45) is 3.17. The van der Waals surface area contributed by atoms with Gasteiger partial charge in [-0.3, -0.25) is 19.3 Å². The Morgan fingerprint density at radius 3 is 2.78 bits per heavy atom. The van der Waals surface area contributed by atoms with Gasteiger partial charge in [-0.2, -0.15) is 0 Å². The van der Waals surface area contributed by atoms with Crippen LogP contribution in [0.25, 0.3) is 0 Å². The summed E-state index contributed by atoms with van der Waals surface area (Å²) in [7, 11) is 0. The Kier molecular flexibility index (Phi) is 4.99. The molecule has 0 radical (unpaired) electrons. The van der Waals surface area contributed by atoms with Crippen molar-refractivity contribution in [3.05, 3.63) is 59.2 Å². The lowest BCUT2D eigenvalue weighted by Gasteiger charge is -2.27. The minimum Gasteiger partial charge on any atom is -0.456 e. The molecule has 0 aromatic heterocycles. The maximum Gasteiger partial charge on any atom is 0.326 e. The molecule has 0 N–H and O–H groups in total. The average molecular weight is 381 g/mol. The highest BCUT2D eigenvalue weighted by Crippen LogP contribution is 2.34. The van der Waals surface area contributed by atoms with Crippen molar-refractivity contribution in [2.45, 2.75) is 24.2 Å². The van der Waals surface area contributed by atoms with Gasteiger partial charge in [-0.25, -0.2) is 0 Å². The van der Waals surface area contributed by atoms with Crippen LogP contribution in [0.3, 0.4) is 0 Å². The smallest absolute Gasteiger partial charge is 0.326 e. The van der Waals surface area contributed by atoms with Crippen molar-refractivity contribution in [3.63, 3.8) is 0 Å². The molecular weight excluding hydrogens is 362 g/mol. The van der Waals surface area contributed by atoms with Crippen LogP contribution < -0.4 is 4.90 Å². The number of esters is 1. The number of para-hydroxylation sites is 1. The Morgan fingerprint density at radius 2 is 1.89 bits per heavy atom. The maximum atomic E-state index is 12.3. The molecule has 0 bridgehead atoms. The number of Topliss-reactive ketones (excluding diaryl/α,β-unsaturated/α-hetero) is 1. The van der Waals surface area contributed by atoms with E-state index in [0.717, 1.165) is 24.2 Å². The van der Waals surface area contributed by atoms with Crippen LogP contribution in [-0.4, -0.2) is 36.6 Å². The molecular formula is C21H19NO4S. The van der Waals surface area contributed by atoms with Gasteiger partial charge in [-0.05, 0) is 48.6 Å². The van der Waals surface area contributed by atoms with Crippen LogP contribution in [0.1, 0.15) is 27.9 Å². The van der Waals surface area contributed by atoms with E-state index in [-0.39, 0.29) is 24.8 Å². The number of thioether (sulfide) groups is 1. The van der Waals surface area contributed by atoms with Gasteiger partial charge in [0.1, 0.15) is 6.54 Å². The predicted molar refractivity (Wildman–Crippen MR) is 103 cm³/mol. The van der Waals surface area contributed by atoms with Crippen molar-refractivity contribution in [1.29, 1.82) is 0 Å². The number of anilines is 1. The van der Waals surface area contributed by atoms with Gasteiger partial charge in [-0.15, -0.1) is 11.8 Å². The molecule has 1 heterocycles. The zero-order valence-corrected chi connectivity index (χ0v) is 15.6. The topological polar surface area (TPSA) is 63.7 Å². The largest absolute Gasteiger partial charge is 0.456 e. The van der Waals surface area contributed by atoms with Crippen molar-refractivity contribution < 1.29 is 19.1 Å². The Balaban J connectivity index is 1.37. The van der Waals surface area contributed by atoms with E-state index in [1.165, 1.54) is 27.8 Å². The van der Waals surface area contributed by atoms with Crippen molar-refractivity contribution >= 4 is 35.1 Å². The molecule has 0 saturated heterocycles. The number of hydrogen-bond acceptors (Lipinski definition) is 5. The second-order valence-electron chi connectivity index (χ2n) is 6.66. The first-order valence-corrected chi connectivity index (χ1v) is 9.93. The van der Waals surface area contributed by atoms with Crippen LogP contribution in [0, 0.1) is 0 Å². The van der Waals surface area contributed by atoms with Crippen LogP contribution in [0.2, 0.25) is 0 Å². The summed E-state index contributed by atoms with van der Waals surface area (Å²) in [5, 5.41) is 0. The number of fused-ring (bicyclic) bond motifs is 2. The zero-order valence-electron chi connectivity index (χ0n) is 14.8. The zero-order chi connectivity index (χ0) is 18.8. The minimum atomic E-state index is -0.584. The van der Waals surface area contributed by atoms with E-state index >= 15 is 0 Å². The summed E-state index contributed by atoms with van der Waals surface area (Å²) < 4.78 is 5.15. The molecule has 138 valence electrons. The van der Waals surface area contributed by atoms with E-state index in [2.05, 4.69) is 0 Å². The molecule has 2 aromatic carbocycles. The third-order valence-electron chi connectivity index (χ3n) is 4.88. The van der Waals surface area contributed by atoms with Crippen LogP contribution >= 0.6 is 11.8 Å². The highest BCUT2D eigenvalue weighted by Gasteiger charge is 2.27. The average Bonchev–Trinajstić information content (AvgIpc) is 3.16. The SMILES string of the molecule is O=C(CN1C(=O)CSc2ccccc21)OCC(=O)c1ccc2c(c1)CCC2. The molecule has 0 spiro atoms. The van der Waals surface area contributed by atoms with E-state index in [1.807, 2.05) is 36.4 Å². The lowest BCUT2D eigenvalue weighted by molar-refractivity contribution is -0.141. The molecule has 5 nitrogen and oxygen atoms in total. The summed E-state index contributed by atoms with van der Waals surface area (Å²) >= 11 is 1.46. The van der Waals surface area contributed by atoms with Crippen LogP contribution in [0.15, 0.2) is 47.4 Å². The van der Waals surface area contributed by atoms with E-state index in [1.54, 1.807) is 6.07 Å². The Labute approximate surface area is 161 Å². The molecule has 2 aromatic rings. The number of nitrogens with zero attached hydrogens (tertiary/aromatic N) is 1. The normalized spacial score (nSPS) is 15.3. The Bertz CT molecular complexity index is 924. The van der Waals surface area contributed by atoms with Crippen LogP contribution in [0.4, 0.5) is 5.69 Å². The van der Waals surface area contributed by atoms with Gasteiger partial charge in [0.2, 0.25) is 5.91 Å². The number of ether oxygens (including phenoxy) is 1. The number of benzene rings is 2. The molecule has 0 saturated carbocycles. The first kappa shape index (κ1) is 17.8. The van der Waals surface area contributed by atoms with E-state index in [4.69, 9.17) is 4.74 Å². The predicted octanol–water partition coefficient (Wildman–Crippen LogP) is 3.04. The fourth-order valence-corrected chi connectivity index (χ4v) is 4.41. The molecule has 27 heavy (non-hydrogen) atoms. The van der Waals surface area contributed by atoms with Crippen molar-refractivity contribution in [3.8, 4) is 0 Å². The molecule has 4 rings (SSSR count). The van der Waals surface area contributed by atoms with E-state index in [0.29, 0.717) is 17.0 Å². The summed E-state index contributed by atoms with van der Waals surface area (Å²) in [5.74, 6) is -0.655. The number of aryl methyl sites for hydroxylation is 2. The van der Waals surface area contributed by atoms with Crippen molar-refractivity contribution in [2.75, 3.05) is 23.8 Å².